The predicted octanol–water partition coefficient (Wildman–Crippen LogP) is 13.7. The number of nitrogens with zero attached hydrogens (tertiary/aromatic N) is 3. The summed E-state index contributed by atoms with van der Waals surface area (Å²) in [6.07, 6.45) is 49.4. The van der Waals surface area contributed by atoms with Gasteiger partial charge in [-0.2, -0.15) is 0 Å². The Bertz CT molecular complexity index is 740. The first-order valence-corrected chi connectivity index (χ1v) is 19.1. The third-order valence-corrected chi connectivity index (χ3v) is 8.11. The van der Waals surface area contributed by atoms with E-state index >= 15 is 0 Å². The van der Waals surface area contributed by atoms with Crippen molar-refractivity contribution in [2.24, 2.45) is 5.11 Å². The fraction of sp³-hybridized carbons (Fsp3) is 0.800. The summed E-state index contributed by atoms with van der Waals surface area (Å²) in [4.78, 5) is 2.89. The minimum atomic E-state index is 0.0260. The first-order valence-electron chi connectivity index (χ1n) is 19.1. The molecule has 1 atom stereocenters. The topological polar surface area (TPSA) is 67.2 Å². The maximum atomic E-state index is 8.62. The maximum Gasteiger partial charge on any atom is 0.0809 e. The zero-order valence-corrected chi connectivity index (χ0v) is 29.9. The highest BCUT2D eigenvalue weighted by molar-refractivity contribution is 4.93. The molecule has 0 aromatic heterocycles. The van der Waals surface area contributed by atoms with Gasteiger partial charge >= 0.3 is 0 Å². The first kappa shape index (κ1) is 43.2. The Labute approximate surface area is 280 Å². The fourth-order valence-electron chi connectivity index (χ4n) is 5.21. The number of rotatable bonds is 36. The molecule has 0 saturated carbocycles. The van der Waals surface area contributed by atoms with Gasteiger partial charge in [0.05, 0.1) is 12.7 Å². The second-order valence-corrected chi connectivity index (χ2v) is 12.5. The van der Waals surface area contributed by atoms with E-state index in [0.29, 0.717) is 13.2 Å². The molecular formula is C40H73N3O2. The first-order chi connectivity index (χ1) is 22.3. The maximum absolute atomic E-state index is 8.62. The molecule has 0 aromatic rings. The summed E-state index contributed by atoms with van der Waals surface area (Å²) in [7, 11) is 0. The molecule has 45 heavy (non-hydrogen) atoms. The van der Waals surface area contributed by atoms with Gasteiger partial charge in [0.25, 0.3) is 0 Å². The molecule has 0 fully saturated rings. The molecule has 0 rings (SSSR count). The van der Waals surface area contributed by atoms with Crippen LogP contribution in [-0.2, 0) is 9.47 Å². The molecule has 0 saturated heterocycles. The summed E-state index contributed by atoms with van der Waals surface area (Å²) >= 11 is 0. The number of allylic oxidation sites excluding steroid dienone is 8. The molecule has 0 aliphatic rings. The highest BCUT2D eigenvalue weighted by Gasteiger charge is 2.09. The average molecular weight is 628 g/mol. The van der Waals surface area contributed by atoms with Crippen molar-refractivity contribution in [2.75, 3.05) is 26.4 Å². The largest absolute Gasteiger partial charge is 0.379 e. The Morgan fingerprint density at radius 3 is 1.42 bits per heavy atom. The SMILES string of the molecule is CCCCCC=CCC=CCCCCCCCCOC[C@H](CCN=[N+]=[N-])OCCCCCCCCC=CCC=CCCCCC. The van der Waals surface area contributed by atoms with E-state index in [1.165, 1.54) is 128 Å². The van der Waals surface area contributed by atoms with Crippen molar-refractivity contribution in [1.82, 2.24) is 0 Å². The lowest BCUT2D eigenvalue weighted by molar-refractivity contribution is -0.0211. The number of azide groups is 1. The zero-order valence-electron chi connectivity index (χ0n) is 29.9. The van der Waals surface area contributed by atoms with Crippen LogP contribution in [0.2, 0.25) is 0 Å². The van der Waals surface area contributed by atoms with Gasteiger partial charge in [0.15, 0.2) is 0 Å². The van der Waals surface area contributed by atoms with Gasteiger partial charge in [-0.3, -0.25) is 0 Å². The normalized spacial score (nSPS) is 12.8. The van der Waals surface area contributed by atoms with Crippen molar-refractivity contribution in [3.05, 3.63) is 59.1 Å². The van der Waals surface area contributed by atoms with Gasteiger partial charge in [0, 0.05) is 24.7 Å². The van der Waals surface area contributed by atoms with Crippen molar-refractivity contribution < 1.29 is 9.47 Å². The quantitative estimate of drug-likeness (QED) is 0.0228. The molecule has 0 spiro atoms. The van der Waals surface area contributed by atoms with E-state index in [4.69, 9.17) is 15.0 Å². The predicted molar refractivity (Wildman–Crippen MR) is 198 cm³/mol. The minimum absolute atomic E-state index is 0.0260. The molecular weight excluding hydrogens is 554 g/mol. The highest BCUT2D eigenvalue weighted by Crippen LogP contribution is 2.11. The average Bonchev–Trinajstić information content (AvgIpc) is 3.05. The van der Waals surface area contributed by atoms with Crippen LogP contribution in [0.25, 0.3) is 10.4 Å². The van der Waals surface area contributed by atoms with Crippen LogP contribution in [0, 0.1) is 0 Å². The fourth-order valence-corrected chi connectivity index (χ4v) is 5.21. The molecule has 0 unspecified atom stereocenters. The number of ether oxygens (including phenoxy) is 2. The molecule has 0 heterocycles. The van der Waals surface area contributed by atoms with E-state index in [9.17, 15) is 0 Å². The van der Waals surface area contributed by atoms with E-state index in [-0.39, 0.29) is 6.10 Å². The molecule has 5 heteroatoms. The van der Waals surface area contributed by atoms with Crippen molar-refractivity contribution in [2.45, 2.75) is 180 Å². The van der Waals surface area contributed by atoms with Crippen molar-refractivity contribution in [3.8, 4) is 0 Å². The van der Waals surface area contributed by atoms with Crippen LogP contribution < -0.4 is 0 Å². The number of hydrogen-bond donors (Lipinski definition) is 0. The Morgan fingerprint density at radius 2 is 0.956 bits per heavy atom. The van der Waals surface area contributed by atoms with Crippen LogP contribution in [0.4, 0.5) is 0 Å². The molecule has 5 nitrogen and oxygen atoms in total. The summed E-state index contributed by atoms with van der Waals surface area (Å²) < 4.78 is 12.1. The van der Waals surface area contributed by atoms with Crippen molar-refractivity contribution in [1.29, 1.82) is 0 Å². The molecule has 260 valence electrons. The van der Waals surface area contributed by atoms with Crippen LogP contribution in [-0.4, -0.2) is 32.5 Å². The number of hydrogen-bond acceptors (Lipinski definition) is 3. The monoisotopic (exact) mass is 628 g/mol. The third kappa shape index (κ3) is 38.3. The molecule has 0 aliphatic carbocycles. The van der Waals surface area contributed by atoms with Gasteiger partial charge < -0.3 is 9.47 Å². The van der Waals surface area contributed by atoms with Crippen molar-refractivity contribution >= 4 is 0 Å². The lowest BCUT2D eigenvalue weighted by atomic mass is 10.1. The molecule has 0 amide bonds. The van der Waals surface area contributed by atoms with Crippen LogP contribution in [0.3, 0.4) is 0 Å². The van der Waals surface area contributed by atoms with E-state index < -0.39 is 0 Å². The van der Waals surface area contributed by atoms with Gasteiger partial charge in [-0.25, -0.2) is 0 Å². The van der Waals surface area contributed by atoms with Gasteiger partial charge in [-0.15, -0.1) is 0 Å². The molecule has 0 aliphatic heterocycles. The molecule has 0 bridgehead atoms. The summed E-state index contributed by atoms with van der Waals surface area (Å²) in [5.41, 5.74) is 8.62. The lowest BCUT2D eigenvalue weighted by Crippen LogP contribution is -2.22. The second kappa shape index (κ2) is 40.2. The zero-order chi connectivity index (χ0) is 32.6. The molecule has 0 aromatic carbocycles. The second-order valence-electron chi connectivity index (χ2n) is 12.5. The Balaban J connectivity index is 3.66. The van der Waals surface area contributed by atoms with Gasteiger partial charge in [0.2, 0.25) is 0 Å². The lowest BCUT2D eigenvalue weighted by Gasteiger charge is -2.17. The summed E-state index contributed by atoms with van der Waals surface area (Å²) in [5, 5.41) is 3.70. The van der Waals surface area contributed by atoms with E-state index in [2.05, 4.69) is 72.5 Å². The standard InChI is InChI=1S/C40H73N3O2/c1-3-5-7-9-11-13-15-17-19-21-23-25-27-29-31-33-37-44-39-40(35-36-42-43-41)45-38-34-32-30-28-26-24-22-20-18-16-14-12-10-8-6-4-2/h11-14,17-20,40H,3-10,15-16,21-39H2,1-2H3/t40-/m0/s1. The van der Waals surface area contributed by atoms with Crippen LogP contribution >= 0.6 is 0 Å². The van der Waals surface area contributed by atoms with Gasteiger partial charge in [0.1, 0.15) is 0 Å². The van der Waals surface area contributed by atoms with E-state index in [1.807, 2.05) is 0 Å². The summed E-state index contributed by atoms with van der Waals surface area (Å²) in [5.74, 6) is 0. The Morgan fingerprint density at radius 1 is 0.533 bits per heavy atom. The van der Waals surface area contributed by atoms with E-state index in [0.717, 1.165) is 45.3 Å². The number of unbranched alkanes of at least 4 members (excludes halogenated alkanes) is 18. The van der Waals surface area contributed by atoms with Crippen LogP contribution in [0.15, 0.2) is 53.7 Å². The van der Waals surface area contributed by atoms with Crippen molar-refractivity contribution in [3.63, 3.8) is 0 Å². The summed E-state index contributed by atoms with van der Waals surface area (Å²) in [6, 6.07) is 0. The minimum Gasteiger partial charge on any atom is -0.379 e. The third-order valence-electron chi connectivity index (χ3n) is 8.11. The van der Waals surface area contributed by atoms with Gasteiger partial charge in [-0.05, 0) is 89.0 Å². The Hall–Kier alpha value is -1.81. The van der Waals surface area contributed by atoms with Crippen LogP contribution in [0.5, 0.6) is 0 Å². The van der Waals surface area contributed by atoms with Gasteiger partial charge in [-0.1, -0.05) is 145 Å². The Kier molecular flexibility index (Phi) is 38.6. The summed E-state index contributed by atoms with van der Waals surface area (Å²) in [6.45, 7) is 7.14. The molecule has 0 radical (unpaired) electrons. The smallest absolute Gasteiger partial charge is 0.0809 e. The van der Waals surface area contributed by atoms with E-state index in [1.54, 1.807) is 0 Å². The van der Waals surface area contributed by atoms with Crippen LogP contribution in [0.1, 0.15) is 174 Å². The molecule has 0 N–H and O–H groups in total. The highest BCUT2D eigenvalue weighted by atomic mass is 16.5.